The van der Waals surface area contributed by atoms with Crippen molar-refractivity contribution < 1.29 is 28.1 Å². The van der Waals surface area contributed by atoms with E-state index in [-0.39, 0.29) is 32.7 Å². The number of nitro groups is 1. The van der Waals surface area contributed by atoms with Gasteiger partial charge in [0.15, 0.2) is 5.66 Å². The monoisotopic (exact) mass is 325 g/mol. The van der Waals surface area contributed by atoms with Gasteiger partial charge in [-0.1, -0.05) is 6.92 Å². The minimum Gasteiger partial charge on any atom is -0.465 e. The number of nitrogens with zero attached hydrogens (tertiary/aromatic N) is 1. The summed E-state index contributed by atoms with van der Waals surface area (Å²) in [5.74, 6) is -0.789. The Balaban J connectivity index is 5.41. The quantitative estimate of drug-likeness (QED) is 0.249. The first-order chi connectivity index (χ1) is 9.86. The second-order valence-corrected chi connectivity index (χ2v) is 6.45. The molecule has 0 saturated carbocycles. The lowest BCUT2D eigenvalue weighted by Crippen LogP contribution is -2.33. The van der Waals surface area contributed by atoms with Crippen molar-refractivity contribution in [1.29, 1.82) is 0 Å². The van der Waals surface area contributed by atoms with Gasteiger partial charge < -0.3 is 13.8 Å². The first kappa shape index (κ1) is 20.0. The Morgan fingerprint density at radius 2 is 1.67 bits per heavy atom. The summed E-state index contributed by atoms with van der Waals surface area (Å²) in [6, 6.07) is -1.01. The van der Waals surface area contributed by atoms with Gasteiger partial charge in [-0.2, -0.15) is 0 Å². The van der Waals surface area contributed by atoms with Crippen LogP contribution in [0.25, 0.3) is 0 Å². The molecule has 2 unspecified atom stereocenters. The van der Waals surface area contributed by atoms with E-state index in [4.69, 9.17) is 13.8 Å². The van der Waals surface area contributed by atoms with Gasteiger partial charge in [-0.15, -0.1) is 0 Å². The van der Waals surface area contributed by atoms with Crippen LogP contribution >= 0.6 is 7.60 Å². The first-order valence-corrected chi connectivity index (χ1v) is 8.66. The first-order valence-electron chi connectivity index (χ1n) is 7.05. The van der Waals surface area contributed by atoms with Crippen molar-refractivity contribution in [2.24, 2.45) is 0 Å². The van der Waals surface area contributed by atoms with E-state index in [0.717, 1.165) is 0 Å². The molecular formula is C12H24NO7P. The molecule has 0 amide bonds. The second-order valence-electron chi connectivity index (χ2n) is 4.23. The van der Waals surface area contributed by atoms with Crippen LogP contribution < -0.4 is 0 Å². The van der Waals surface area contributed by atoms with Gasteiger partial charge >= 0.3 is 13.6 Å². The lowest BCUT2D eigenvalue weighted by Gasteiger charge is -2.25. The van der Waals surface area contributed by atoms with Crippen molar-refractivity contribution in [1.82, 2.24) is 0 Å². The highest BCUT2D eigenvalue weighted by Gasteiger charge is 2.45. The molecule has 0 radical (unpaired) electrons. The van der Waals surface area contributed by atoms with E-state index < -0.39 is 30.2 Å². The van der Waals surface area contributed by atoms with Gasteiger partial charge in [-0.25, -0.2) is 0 Å². The summed E-state index contributed by atoms with van der Waals surface area (Å²) in [6.45, 7) is 6.68. The van der Waals surface area contributed by atoms with Crippen LogP contribution in [0.2, 0.25) is 0 Å². The van der Waals surface area contributed by atoms with Crippen molar-refractivity contribution in [2.45, 2.75) is 52.2 Å². The van der Waals surface area contributed by atoms with Crippen LogP contribution in [0.3, 0.4) is 0 Å². The van der Waals surface area contributed by atoms with E-state index >= 15 is 0 Å². The molecule has 124 valence electrons. The highest BCUT2D eigenvalue weighted by molar-refractivity contribution is 7.55. The van der Waals surface area contributed by atoms with E-state index in [9.17, 15) is 19.5 Å². The van der Waals surface area contributed by atoms with Crippen LogP contribution in [-0.4, -0.2) is 42.4 Å². The molecule has 0 N–H and O–H groups in total. The Morgan fingerprint density at radius 1 is 1.14 bits per heavy atom. The summed E-state index contributed by atoms with van der Waals surface area (Å²) in [7, 11) is -3.80. The highest BCUT2D eigenvalue weighted by Crippen LogP contribution is 2.55. The molecule has 0 bridgehead atoms. The SMILES string of the molecule is CCOC(=O)C(CC(CC)[N+](=O)[O-])P(=O)(OCC)OCC. The Morgan fingerprint density at radius 3 is 2.00 bits per heavy atom. The van der Waals surface area contributed by atoms with Gasteiger partial charge in [0.25, 0.3) is 0 Å². The molecule has 0 aliphatic carbocycles. The third kappa shape index (κ3) is 6.11. The van der Waals surface area contributed by atoms with Crippen molar-refractivity contribution in [3.8, 4) is 0 Å². The number of ether oxygens (including phenoxy) is 1. The minimum absolute atomic E-state index is 0.0719. The maximum Gasteiger partial charge on any atom is 0.345 e. The molecule has 0 fully saturated rings. The molecule has 0 saturated heterocycles. The molecule has 0 aromatic carbocycles. The molecule has 0 aliphatic rings. The number of rotatable bonds is 11. The zero-order chi connectivity index (χ0) is 16.5. The zero-order valence-corrected chi connectivity index (χ0v) is 13.8. The number of esters is 1. The van der Waals surface area contributed by atoms with Gasteiger partial charge in [0.05, 0.1) is 19.8 Å². The molecule has 2 atom stereocenters. The van der Waals surface area contributed by atoms with Gasteiger partial charge in [-0.05, 0) is 20.8 Å². The van der Waals surface area contributed by atoms with E-state index in [0.29, 0.717) is 0 Å². The van der Waals surface area contributed by atoms with Gasteiger partial charge in [0.2, 0.25) is 6.04 Å². The van der Waals surface area contributed by atoms with Crippen LogP contribution in [0.1, 0.15) is 40.5 Å². The van der Waals surface area contributed by atoms with Gasteiger partial charge in [0.1, 0.15) is 0 Å². The molecule has 8 nitrogen and oxygen atoms in total. The van der Waals surface area contributed by atoms with Crippen LogP contribution in [0.5, 0.6) is 0 Å². The van der Waals surface area contributed by atoms with Crippen LogP contribution in [-0.2, 0) is 23.1 Å². The standard InChI is InChI=1S/C12H24NO7P/c1-5-10(13(15)16)9-11(12(14)18-6-2)21(17,19-7-3)20-8-4/h10-11H,5-9H2,1-4H3. The molecule has 0 rings (SSSR count). The number of carbonyl (C=O) groups is 1. The Labute approximate surface area is 124 Å². The fourth-order valence-electron chi connectivity index (χ4n) is 1.83. The predicted octanol–water partition coefficient (Wildman–Crippen LogP) is 2.63. The summed E-state index contributed by atoms with van der Waals surface area (Å²) >= 11 is 0. The topological polar surface area (TPSA) is 105 Å². The zero-order valence-electron chi connectivity index (χ0n) is 12.9. The maximum atomic E-state index is 12.7. The lowest BCUT2D eigenvalue weighted by molar-refractivity contribution is -0.523. The lowest BCUT2D eigenvalue weighted by atomic mass is 10.1. The third-order valence-electron chi connectivity index (χ3n) is 2.82. The van der Waals surface area contributed by atoms with E-state index in [1.54, 1.807) is 27.7 Å². The Hall–Kier alpha value is -0.980. The summed E-state index contributed by atoms with van der Waals surface area (Å²) in [6.07, 6.45) is -0.0270. The van der Waals surface area contributed by atoms with Gasteiger partial charge in [0, 0.05) is 17.8 Å². The molecule has 0 heterocycles. The van der Waals surface area contributed by atoms with Crippen molar-refractivity contribution in [3.05, 3.63) is 10.1 Å². The van der Waals surface area contributed by atoms with E-state index in [2.05, 4.69) is 0 Å². The summed E-state index contributed by atoms with van der Waals surface area (Å²) < 4.78 is 27.9. The highest BCUT2D eigenvalue weighted by atomic mass is 31.2. The fraction of sp³-hybridized carbons (Fsp3) is 0.917. The van der Waals surface area contributed by atoms with E-state index in [1.807, 2.05) is 0 Å². The summed E-state index contributed by atoms with van der Waals surface area (Å²) in [5.41, 5.74) is -1.28. The van der Waals surface area contributed by atoms with Crippen LogP contribution in [0.15, 0.2) is 0 Å². The normalized spacial score (nSPS) is 14.5. The van der Waals surface area contributed by atoms with Crippen molar-refractivity contribution in [3.63, 3.8) is 0 Å². The average Bonchev–Trinajstić information content (AvgIpc) is 2.39. The second kappa shape index (κ2) is 9.87. The Kier molecular flexibility index (Phi) is 9.41. The minimum atomic E-state index is -3.80. The van der Waals surface area contributed by atoms with Crippen LogP contribution in [0.4, 0.5) is 0 Å². The summed E-state index contributed by atoms with van der Waals surface area (Å²) in [5, 5.41) is 11.0. The number of hydrogen-bond donors (Lipinski definition) is 0. The average molecular weight is 325 g/mol. The maximum absolute atomic E-state index is 12.7. The smallest absolute Gasteiger partial charge is 0.345 e. The molecule has 9 heteroatoms. The third-order valence-corrected chi connectivity index (χ3v) is 5.24. The van der Waals surface area contributed by atoms with Gasteiger partial charge in [-0.3, -0.25) is 19.5 Å². The Bertz CT molecular complexity index is 378. The summed E-state index contributed by atoms with van der Waals surface area (Å²) in [4.78, 5) is 22.5. The van der Waals surface area contributed by atoms with Crippen molar-refractivity contribution >= 4 is 13.6 Å². The molecule has 0 aliphatic heterocycles. The molecule has 0 aromatic heterocycles. The fourth-order valence-corrected chi connectivity index (χ4v) is 3.82. The van der Waals surface area contributed by atoms with E-state index in [1.165, 1.54) is 0 Å². The molecule has 0 aromatic rings. The number of hydrogen-bond acceptors (Lipinski definition) is 7. The number of carbonyl (C=O) groups excluding carboxylic acids is 1. The predicted molar refractivity (Wildman–Crippen MR) is 77.0 cm³/mol. The largest absolute Gasteiger partial charge is 0.465 e. The van der Waals surface area contributed by atoms with Crippen LogP contribution in [0, 0.1) is 10.1 Å². The molecular weight excluding hydrogens is 301 g/mol. The molecule has 0 spiro atoms. The molecule has 21 heavy (non-hydrogen) atoms. The van der Waals surface area contributed by atoms with Crippen molar-refractivity contribution in [2.75, 3.05) is 19.8 Å².